The van der Waals surface area contributed by atoms with E-state index in [1.54, 1.807) is 0 Å². The third-order valence-electron chi connectivity index (χ3n) is 6.41. The number of piperidine rings is 1. The Bertz CT molecular complexity index is 840. The molecule has 2 N–H and O–H groups in total. The molecule has 172 valence electrons. The number of hydrogen-bond acceptors (Lipinski definition) is 5. The third kappa shape index (κ3) is 7.40. The number of carbonyl (C=O) groups is 2. The number of carbonyl (C=O) groups excluding carboxylic acids is 2. The highest BCUT2D eigenvalue weighted by molar-refractivity contribution is 7.89. The molecule has 1 aromatic rings. The maximum absolute atomic E-state index is 12.4. The number of Topliss-reactive ketones (excluding diaryl/α,β-unsaturated/α-hetero) is 1. The summed E-state index contributed by atoms with van der Waals surface area (Å²) in [5, 5.41) is 3.05. The van der Waals surface area contributed by atoms with Crippen LogP contribution in [0.15, 0.2) is 29.2 Å². The van der Waals surface area contributed by atoms with Crippen LogP contribution < -0.4 is 10.0 Å². The van der Waals surface area contributed by atoms with E-state index in [2.05, 4.69) is 14.9 Å². The largest absolute Gasteiger partial charge is 0.353 e. The van der Waals surface area contributed by atoms with Crippen molar-refractivity contribution in [1.29, 1.82) is 0 Å². The molecule has 31 heavy (non-hydrogen) atoms. The van der Waals surface area contributed by atoms with Crippen LogP contribution >= 0.6 is 0 Å². The monoisotopic (exact) mass is 449 g/mol. The van der Waals surface area contributed by atoms with Crippen LogP contribution in [0, 0.1) is 5.92 Å². The highest BCUT2D eigenvalue weighted by Crippen LogP contribution is 2.25. The summed E-state index contributed by atoms with van der Waals surface area (Å²) in [5.74, 6) is 0.598. The van der Waals surface area contributed by atoms with Gasteiger partial charge in [-0.15, -0.1) is 0 Å². The lowest BCUT2D eigenvalue weighted by Gasteiger charge is -2.35. The SMILES string of the molecule is CC(=O)c1ccc(S(=O)(=O)NCCC(=O)NC2CCN(CC3CCCCC3)CC2)cc1. The van der Waals surface area contributed by atoms with Gasteiger partial charge in [-0.2, -0.15) is 0 Å². The first-order valence-corrected chi connectivity index (χ1v) is 12.9. The van der Waals surface area contributed by atoms with Crippen molar-refractivity contribution in [3.05, 3.63) is 29.8 Å². The average Bonchev–Trinajstić information content (AvgIpc) is 2.76. The molecule has 1 saturated carbocycles. The van der Waals surface area contributed by atoms with E-state index in [1.807, 2.05) is 0 Å². The predicted molar refractivity (Wildman–Crippen MR) is 120 cm³/mol. The number of sulfonamides is 1. The molecule has 1 heterocycles. The highest BCUT2D eigenvalue weighted by atomic mass is 32.2. The normalized spacial score (nSPS) is 19.3. The number of ketones is 1. The molecule has 0 unspecified atom stereocenters. The van der Waals surface area contributed by atoms with Crippen molar-refractivity contribution in [3.8, 4) is 0 Å². The van der Waals surface area contributed by atoms with Crippen LogP contribution in [0.3, 0.4) is 0 Å². The molecule has 2 aliphatic rings. The number of amides is 1. The molecule has 1 aromatic carbocycles. The number of nitrogens with one attached hydrogen (secondary N) is 2. The number of hydrogen-bond donors (Lipinski definition) is 2. The summed E-state index contributed by atoms with van der Waals surface area (Å²) in [4.78, 5) is 26.2. The van der Waals surface area contributed by atoms with Crippen molar-refractivity contribution in [2.45, 2.75) is 69.2 Å². The molecule has 0 atom stereocenters. The first-order valence-electron chi connectivity index (χ1n) is 11.5. The first kappa shape index (κ1) is 23.9. The Morgan fingerprint density at radius 1 is 1.00 bits per heavy atom. The van der Waals surface area contributed by atoms with E-state index >= 15 is 0 Å². The van der Waals surface area contributed by atoms with Gasteiger partial charge < -0.3 is 10.2 Å². The van der Waals surface area contributed by atoms with Crippen molar-refractivity contribution < 1.29 is 18.0 Å². The van der Waals surface area contributed by atoms with E-state index in [0.29, 0.717) is 5.56 Å². The second kappa shape index (κ2) is 11.2. The molecule has 0 bridgehead atoms. The van der Waals surface area contributed by atoms with Crippen LogP contribution in [0.2, 0.25) is 0 Å². The van der Waals surface area contributed by atoms with Crippen LogP contribution in [0.4, 0.5) is 0 Å². The van der Waals surface area contributed by atoms with Gasteiger partial charge in [0.15, 0.2) is 5.78 Å². The van der Waals surface area contributed by atoms with Crippen molar-refractivity contribution in [2.24, 2.45) is 5.92 Å². The van der Waals surface area contributed by atoms with Crippen LogP contribution in [-0.4, -0.2) is 57.2 Å². The van der Waals surface area contributed by atoms with Gasteiger partial charge in [0, 0.05) is 44.2 Å². The van der Waals surface area contributed by atoms with Crippen molar-refractivity contribution in [1.82, 2.24) is 14.9 Å². The molecular formula is C23H35N3O4S. The Labute approximate surface area is 186 Å². The minimum absolute atomic E-state index is 0.0448. The maximum atomic E-state index is 12.4. The highest BCUT2D eigenvalue weighted by Gasteiger charge is 2.24. The summed E-state index contributed by atoms with van der Waals surface area (Å²) in [6.45, 7) is 4.70. The van der Waals surface area contributed by atoms with E-state index in [1.165, 1.54) is 69.8 Å². The fourth-order valence-corrected chi connectivity index (χ4v) is 5.58. The summed E-state index contributed by atoms with van der Waals surface area (Å²) in [6, 6.07) is 5.96. The zero-order valence-electron chi connectivity index (χ0n) is 18.4. The summed E-state index contributed by atoms with van der Waals surface area (Å²) in [6.07, 6.45) is 8.83. The van der Waals surface area contributed by atoms with E-state index in [9.17, 15) is 18.0 Å². The minimum atomic E-state index is -3.70. The molecule has 2 fully saturated rings. The van der Waals surface area contributed by atoms with Crippen LogP contribution in [0.1, 0.15) is 68.6 Å². The Balaban J connectivity index is 1.35. The average molecular weight is 450 g/mol. The molecule has 0 radical (unpaired) electrons. The lowest BCUT2D eigenvalue weighted by Crippen LogP contribution is -2.46. The third-order valence-corrected chi connectivity index (χ3v) is 7.89. The molecule has 1 aliphatic carbocycles. The smallest absolute Gasteiger partial charge is 0.240 e. The van der Waals surface area contributed by atoms with Gasteiger partial charge in [-0.3, -0.25) is 9.59 Å². The molecule has 0 spiro atoms. The van der Waals surface area contributed by atoms with Crippen LogP contribution in [0.5, 0.6) is 0 Å². The predicted octanol–water partition coefficient (Wildman–Crippen LogP) is 2.72. The van der Waals surface area contributed by atoms with Gasteiger partial charge in [0.2, 0.25) is 15.9 Å². The van der Waals surface area contributed by atoms with E-state index in [-0.39, 0.29) is 35.6 Å². The second-order valence-electron chi connectivity index (χ2n) is 8.87. The van der Waals surface area contributed by atoms with E-state index < -0.39 is 10.0 Å². The van der Waals surface area contributed by atoms with Crippen LogP contribution in [0.25, 0.3) is 0 Å². The van der Waals surface area contributed by atoms with Crippen molar-refractivity contribution in [3.63, 3.8) is 0 Å². The summed E-state index contributed by atoms with van der Waals surface area (Å²) in [7, 11) is -3.70. The summed E-state index contributed by atoms with van der Waals surface area (Å²) < 4.78 is 27.2. The molecule has 7 nitrogen and oxygen atoms in total. The number of nitrogens with zero attached hydrogens (tertiary/aromatic N) is 1. The van der Waals surface area contributed by atoms with Gasteiger partial charge in [0.25, 0.3) is 0 Å². The minimum Gasteiger partial charge on any atom is -0.353 e. The second-order valence-corrected chi connectivity index (χ2v) is 10.6. The van der Waals surface area contributed by atoms with Gasteiger partial charge in [-0.25, -0.2) is 13.1 Å². The quantitative estimate of drug-likeness (QED) is 0.565. The Kier molecular flexibility index (Phi) is 8.63. The Morgan fingerprint density at radius 2 is 1.65 bits per heavy atom. The molecule has 1 amide bonds. The zero-order chi connectivity index (χ0) is 22.3. The van der Waals surface area contributed by atoms with Gasteiger partial charge in [0.1, 0.15) is 0 Å². The number of likely N-dealkylation sites (tertiary alicyclic amines) is 1. The molecule has 8 heteroatoms. The molecular weight excluding hydrogens is 414 g/mol. The van der Waals surface area contributed by atoms with Gasteiger partial charge in [-0.1, -0.05) is 31.4 Å². The molecule has 1 saturated heterocycles. The maximum Gasteiger partial charge on any atom is 0.240 e. The lowest BCUT2D eigenvalue weighted by atomic mass is 9.88. The fraction of sp³-hybridized carbons (Fsp3) is 0.652. The standard InChI is InChI=1S/C23H35N3O4S/c1-18(27)20-7-9-22(10-8-20)31(29,30)24-14-11-23(28)25-21-12-15-26(16-13-21)17-19-5-3-2-4-6-19/h7-10,19,21,24H,2-6,11-17H2,1H3,(H,25,28). The van der Waals surface area contributed by atoms with Gasteiger partial charge >= 0.3 is 0 Å². The molecule has 0 aromatic heterocycles. The first-order chi connectivity index (χ1) is 14.8. The van der Waals surface area contributed by atoms with Crippen molar-refractivity contribution in [2.75, 3.05) is 26.2 Å². The fourth-order valence-electron chi connectivity index (χ4n) is 4.55. The number of rotatable bonds is 9. The Hall–Kier alpha value is -1.77. The van der Waals surface area contributed by atoms with Crippen molar-refractivity contribution >= 4 is 21.7 Å². The Morgan fingerprint density at radius 3 is 2.26 bits per heavy atom. The van der Waals surface area contributed by atoms with E-state index in [0.717, 1.165) is 31.8 Å². The van der Waals surface area contributed by atoms with Crippen LogP contribution in [-0.2, 0) is 14.8 Å². The molecule has 3 rings (SSSR count). The van der Waals surface area contributed by atoms with Gasteiger partial charge in [0.05, 0.1) is 4.90 Å². The topological polar surface area (TPSA) is 95.6 Å². The number of benzene rings is 1. The zero-order valence-corrected chi connectivity index (χ0v) is 19.3. The lowest BCUT2D eigenvalue weighted by molar-refractivity contribution is -0.121. The molecule has 1 aliphatic heterocycles. The summed E-state index contributed by atoms with van der Waals surface area (Å²) in [5.41, 5.74) is 0.461. The van der Waals surface area contributed by atoms with E-state index in [4.69, 9.17) is 0 Å². The van der Waals surface area contributed by atoms with Gasteiger partial charge in [-0.05, 0) is 50.7 Å². The summed E-state index contributed by atoms with van der Waals surface area (Å²) >= 11 is 0.